The molecule has 4 rings (SSSR count). The highest BCUT2D eigenvalue weighted by Gasteiger charge is 2.21. The average molecular weight is 366 g/mol. The molecule has 5 nitrogen and oxygen atoms in total. The van der Waals surface area contributed by atoms with Crippen molar-refractivity contribution in [2.45, 2.75) is 26.1 Å². The molecule has 3 heterocycles. The number of hydrogen-bond donors (Lipinski definition) is 1. The number of rotatable bonds is 5. The van der Waals surface area contributed by atoms with Gasteiger partial charge in [0.05, 0.1) is 6.20 Å². The van der Waals surface area contributed by atoms with E-state index < -0.39 is 0 Å². The van der Waals surface area contributed by atoms with Gasteiger partial charge in [-0.2, -0.15) is 0 Å². The average Bonchev–Trinajstić information content (AvgIpc) is 3.28. The lowest BCUT2D eigenvalue weighted by Gasteiger charge is -2.18. The number of benzene rings is 1. The van der Waals surface area contributed by atoms with Crippen molar-refractivity contribution >= 4 is 17.2 Å². The molecule has 1 aliphatic heterocycles. The molecule has 2 aromatic heterocycles. The van der Waals surface area contributed by atoms with Crippen LogP contribution in [-0.4, -0.2) is 33.4 Å². The van der Waals surface area contributed by atoms with Gasteiger partial charge in [-0.05, 0) is 17.0 Å². The highest BCUT2D eigenvalue weighted by molar-refractivity contribution is 7.09. The first kappa shape index (κ1) is 17.0. The van der Waals surface area contributed by atoms with E-state index in [0.717, 1.165) is 44.0 Å². The number of carbonyl (C=O) groups excluding carboxylic acids is 1. The molecule has 0 aliphatic carbocycles. The van der Waals surface area contributed by atoms with E-state index in [1.165, 1.54) is 4.88 Å². The van der Waals surface area contributed by atoms with Crippen LogP contribution in [0, 0.1) is 0 Å². The maximum Gasteiger partial charge on any atom is 0.269 e. The van der Waals surface area contributed by atoms with Gasteiger partial charge in [-0.15, -0.1) is 11.3 Å². The second-order valence-corrected chi connectivity index (χ2v) is 7.52. The molecule has 134 valence electrons. The van der Waals surface area contributed by atoms with Crippen molar-refractivity contribution in [3.05, 3.63) is 76.0 Å². The van der Waals surface area contributed by atoms with Crippen LogP contribution >= 0.6 is 11.3 Å². The second kappa shape index (κ2) is 7.85. The van der Waals surface area contributed by atoms with Gasteiger partial charge < -0.3 is 9.88 Å². The SMILES string of the molecule is O=C(NCc1ccccc1)c1cnc2n1CCN(Cc1cccs1)CC2. The number of aromatic nitrogens is 2. The predicted octanol–water partition coefficient (Wildman–Crippen LogP) is 2.93. The molecule has 0 saturated heterocycles. The summed E-state index contributed by atoms with van der Waals surface area (Å²) < 4.78 is 2.08. The van der Waals surface area contributed by atoms with Gasteiger partial charge in [0.1, 0.15) is 11.5 Å². The fourth-order valence-electron chi connectivity index (χ4n) is 3.31. The summed E-state index contributed by atoms with van der Waals surface area (Å²) in [5.74, 6) is 0.947. The highest BCUT2D eigenvalue weighted by Crippen LogP contribution is 2.16. The second-order valence-electron chi connectivity index (χ2n) is 6.49. The van der Waals surface area contributed by atoms with Gasteiger partial charge in [0.25, 0.3) is 5.91 Å². The van der Waals surface area contributed by atoms with Crippen molar-refractivity contribution in [2.24, 2.45) is 0 Å². The van der Waals surface area contributed by atoms with Crippen LogP contribution in [0.4, 0.5) is 0 Å². The molecule has 0 unspecified atom stereocenters. The molecule has 1 aliphatic rings. The molecule has 6 heteroatoms. The Hall–Kier alpha value is -2.44. The van der Waals surface area contributed by atoms with E-state index in [1.54, 1.807) is 17.5 Å². The summed E-state index contributed by atoms with van der Waals surface area (Å²) in [6.07, 6.45) is 2.59. The highest BCUT2D eigenvalue weighted by atomic mass is 32.1. The molecular formula is C20H22N4OS. The fraction of sp³-hybridized carbons (Fsp3) is 0.300. The Balaban J connectivity index is 1.40. The summed E-state index contributed by atoms with van der Waals surface area (Å²) in [7, 11) is 0. The standard InChI is InChI=1S/C20H22N4OS/c25-20(22-13-16-5-2-1-3-6-16)18-14-21-19-8-9-23(10-11-24(18)19)15-17-7-4-12-26-17/h1-7,12,14H,8-11,13,15H2,(H,22,25). The number of carbonyl (C=O) groups is 1. The van der Waals surface area contributed by atoms with Gasteiger partial charge in [-0.1, -0.05) is 36.4 Å². The summed E-state index contributed by atoms with van der Waals surface area (Å²) in [5.41, 5.74) is 1.76. The summed E-state index contributed by atoms with van der Waals surface area (Å²) in [6.45, 7) is 4.21. The summed E-state index contributed by atoms with van der Waals surface area (Å²) in [6, 6.07) is 14.2. The van der Waals surface area contributed by atoms with Crippen LogP contribution in [0.2, 0.25) is 0 Å². The maximum atomic E-state index is 12.6. The smallest absolute Gasteiger partial charge is 0.269 e. The number of imidazole rings is 1. The van der Waals surface area contributed by atoms with E-state index in [2.05, 4.69) is 37.3 Å². The largest absolute Gasteiger partial charge is 0.347 e. The summed E-state index contributed by atoms with van der Waals surface area (Å²) in [4.78, 5) is 20.9. The number of hydrogen-bond acceptors (Lipinski definition) is 4. The monoisotopic (exact) mass is 366 g/mol. The van der Waals surface area contributed by atoms with E-state index in [-0.39, 0.29) is 5.91 Å². The molecule has 0 fully saturated rings. The molecule has 1 aromatic carbocycles. The zero-order chi connectivity index (χ0) is 17.8. The Morgan fingerprint density at radius 2 is 2.00 bits per heavy atom. The Labute approximate surface area is 157 Å². The Morgan fingerprint density at radius 3 is 2.81 bits per heavy atom. The maximum absolute atomic E-state index is 12.6. The van der Waals surface area contributed by atoms with Gasteiger partial charge in [-0.25, -0.2) is 4.98 Å². The van der Waals surface area contributed by atoms with Crippen molar-refractivity contribution in [2.75, 3.05) is 13.1 Å². The molecular weight excluding hydrogens is 344 g/mol. The van der Waals surface area contributed by atoms with Crippen LogP contribution in [0.15, 0.2) is 54.0 Å². The first-order chi connectivity index (χ1) is 12.8. The van der Waals surface area contributed by atoms with E-state index in [9.17, 15) is 4.79 Å². The quantitative estimate of drug-likeness (QED) is 0.755. The number of nitrogens with zero attached hydrogens (tertiary/aromatic N) is 3. The summed E-state index contributed by atoms with van der Waals surface area (Å²) in [5, 5.41) is 5.13. The van der Waals surface area contributed by atoms with Crippen LogP contribution in [0.25, 0.3) is 0 Å². The van der Waals surface area contributed by atoms with Crippen molar-refractivity contribution < 1.29 is 4.79 Å². The predicted molar refractivity (Wildman–Crippen MR) is 103 cm³/mol. The number of amides is 1. The van der Waals surface area contributed by atoms with Gasteiger partial charge in [0.2, 0.25) is 0 Å². The van der Waals surface area contributed by atoms with E-state index in [4.69, 9.17) is 0 Å². The minimum atomic E-state index is -0.0562. The van der Waals surface area contributed by atoms with E-state index in [0.29, 0.717) is 12.2 Å². The van der Waals surface area contributed by atoms with Gasteiger partial charge in [-0.3, -0.25) is 9.69 Å². The topological polar surface area (TPSA) is 50.2 Å². The van der Waals surface area contributed by atoms with Crippen LogP contribution in [-0.2, 0) is 26.1 Å². The number of nitrogens with one attached hydrogen (secondary N) is 1. The molecule has 1 N–H and O–H groups in total. The molecule has 0 spiro atoms. The van der Waals surface area contributed by atoms with Crippen molar-refractivity contribution in [1.29, 1.82) is 0 Å². The minimum Gasteiger partial charge on any atom is -0.347 e. The third-order valence-corrected chi connectivity index (χ3v) is 5.58. The fourth-order valence-corrected chi connectivity index (χ4v) is 4.05. The number of thiophene rings is 1. The third kappa shape index (κ3) is 3.86. The molecule has 26 heavy (non-hydrogen) atoms. The minimum absolute atomic E-state index is 0.0562. The van der Waals surface area contributed by atoms with Crippen LogP contribution in [0.5, 0.6) is 0 Å². The Morgan fingerprint density at radius 1 is 1.12 bits per heavy atom. The Bertz CT molecular complexity index is 857. The van der Waals surface area contributed by atoms with Gasteiger partial charge in [0, 0.05) is 44.0 Å². The van der Waals surface area contributed by atoms with Crippen LogP contribution in [0.3, 0.4) is 0 Å². The normalized spacial score (nSPS) is 14.6. The van der Waals surface area contributed by atoms with Crippen LogP contribution < -0.4 is 5.32 Å². The first-order valence-electron chi connectivity index (χ1n) is 8.91. The summed E-state index contributed by atoms with van der Waals surface area (Å²) >= 11 is 1.79. The zero-order valence-electron chi connectivity index (χ0n) is 14.6. The van der Waals surface area contributed by atoms with Crippen molar-refractivity contribution in [1.82, 2.24) is 19.8 Å². The lowest BCUT2D eigenvalue weighted by atomic mass is 10.2. The van der Waals surface area contributed by atoms with Crippen molar-refractivity contribution in [3.63, 3.8) is 0 Å². The van der Waals surface area contributed by atoms with Crippen LogP contribution in [0.1, 0.15) is 26.8 Å². The molecule has 0 radical (unpaired) electrons. The lowest BCUT2D eigenvalue weighted by Crippen LogP contribution is -2.28. The number of fused-ring (bicyclic) bond motifs is 1. The van der Waals surface area contributed by atoms with E-state index >= 15 is 0 Å². The van der Waals surface area contributed by atoms with Gasteiger partial charge in [0.15, 0.2) is 0 Å². The molecule has 1 amide bonds. The Kier molecular flexibility index (Phi) is 5.13. The molecule has 0 bridgehead atoms. The molecule has 0 atom stereocenters. The lowest BCUT2D eigenvalue weighted by molar-refractivity contribution is 0.0941. The van der Waals surface area contributed by atoms with E-state index in [1.807, 2.05) is 30.3 Å². The zero-order valence-corrected chi connectivity index (χ0v) is 15.4. The first-order valence-corrected chi connectivity index (χ1v) is 9.79. The third-order valence-electron chi connectivity index (χ3n) is 4.72. The van der Waals surface area contributed by atoms with Gasteiger partial charge >= 0.3 is 0 Å². The molecule has 0 saturated carbocycles. The van der Waals surface area contributed by atoms with Crippen molar-refractivity contribution in [3.8, 4) is 0 Å². The molecule has 3 aromatic rings.